The lowest BCUT2D eigenvalue weighted by molar-refractivity contribution is 0.0667. The van der Waals surface area contributed by atoms with Gasteiger partial charge in [-0.25, -0.2) is 0 Å². The second-order valence-electron chi connectivity index (χ2n) is 5.03. The Morgan fingerprint density at radius 1 is 1.18 bits per heavy atom. The van der Waals surface area contributed by atoms with Gasteiger partial charge in [0.05, 0.1) is 24.8 Å². The van der Waals surface area contributed by atoms with Crippen molar-refractivity contribution in [3.63, 3.8) is 0 Å². The Morgan fingerprint density at radius 3 is 2.36 bits per heavy atom. The fourth-order valence-electron chi connectivity index (χ4n) is 2.62. The summed E-state index contributed by atoms with van der Waals surface area (Å²) in [7, 11) is 1.49. The van der Waals surface area contributed by atoms with Crippen LogP contribution in [0, 0.1) is 0 Å². The number of oxime groups is 1. The first-order chi connectivity index (χ1) is 10.7. The van der Waals surface area contributed by atoms with Gasteiger partial charge in [-0.1, -0.05) is 23.4 Å². The molecular weight excluding hydrogens is 284 g/mol. The number of methoxy groups -OCH3 is 1. The summed E-state index contributed by atoms with van der Waals surface area (Å²) >= 11 is 0. The van der Waals surface area contributed by atoms with Gasteiger partial charge in [-0.05, 0) is 23.8 Å². The topological polar surface area (TPSA) is 79.2 Å². The van der Waals surface area contributed by atoms with Crippen molar-refractivity contribution in [1.82, 2.24) is 4.90 Å². The average molecular weight is 298 g/mol. The van der Waals surface area contributed by atoms with Crippen molar-refractivity contribution in [3.05, 3.63) is 58.9 Å². The lowest BCUT2D eigenvalue weighted by atomic mass is 10.0. The molecule has 3 rings (SSSR count). The standard InChI is InChI=1S/C16H14N2O4/c1-22-14-7-6-10(8-13(14)17-21)9-18-15(19)11-4-2-3-5-12(11)16(18)20/h2-7,21H,8-9H2,1H3/b17-13-. The number of allylic oxidation sites excluding steroid dienone is 3. The van der Waals surface area contributed by atoms with E-state index in [0.29, 0.717) is 29.0 Å². The third-order valence-electron chi connectivity index (χ3n) is 3.73. The molecule has 0 atom stereocenters. The zero-order chi connectivity index (χ0) is 15.7. The number of ether oxygens (including phenoxy) is 1. The summed E-state index contributed by atoms with van der Waals surface area (Å²) < 4.78 is 5.08. The fourth-order valence-corrected chi connectivity index (χ4v) is 2.62. The summed E-state index contributed by atoms with van der Waals surface area (Å²) in [5.41, 5.74) is 2.01. The van der Waals surface area contributed by atoms with E-state index in [2.05, 4.69) is 5.16 Å². The highest BCUT2D eigenvalue weighted by atomic mass is 16.5. The molecule has 2 amide bonds. The van der Waals surface area contributed by atoms with Crippen molar-refractivity contribution in [2.45, 2.75) is 6.42 Å². The zero-order valence-corrected chi connectivity index (χ0v) is 11.9. The molecule has 1 aliphatic heterocycles. The molecule has 2 aliphatic rings. The zero-order valence-electron chi connectivity index (χ0n) is 11.9. The van der Waals surface area contributed by atoms with Gasteiger partial charge in [0.1, 0.15) is 11.5 Å². The van der Waals surface area contributed by atoms with E-state index in [-0.39, 0.29) is 18.4 Å². The van der Waals surface area contributed by atoms with Gasteiger partial charge < -0.3 is 9.94 Å². The van der Waals surface area contributed by atoms with Crippen LogP contribution in [-0.4, -0.2) is 41.3 Å². The van der Waals surface area contributed by atoms with Crippen LogP contribution >= 0.6 is 0 Å². The van der Waals surface area contributed by atoms with Crippen molar-refractivity contribution in [2.75, 3.05) is 13.7 Å². The summed E-state index contributed by atoms with van der Waals surface area (Å²) in [5.74, 6) is -0.135. The number of fused-ring (bicyclic) bond motifs is 1. The summed E-state index contributed by atoms with van der Waals surface area (Å²) in [5, 5.41) is 12.2. The van der Waals surface area contributed by atoms with Crippen molar-refractivity contribution in [2.24, 2.45) is 5.16 Å². The molecule has 0 aromatic heterocycles. The molecule has 6 nitrogen and oxygen atoms in total. The van der Waals surface area contributed by atoms with Crippen LogP contribution in [0.4, 0.5) is 0 Å². The summed E-state index contributed by atoms with van der Waals surface area (Å²) in [6.07, 6.45) is 3.76. The number of rotatable bonds is 3. The Hall–Kier alpha value is -2.89. The van der Waals surface area contributed by atoms with Gasteiger partial charge in [-0.2, -0.15) is 0 Å². The second-order valence-corrected chi connectivity index (χ2v) is 5.03. The number of imide groups is 1. The SMILES string of the molecule is COC1=CC=C(CN2C(=O)c3ccccc3C2=O)C/C1=N/O. The van der Waals surface area contributed by atoms with E-state index in [9.17, 15) is 9.59 Å². The van der Waals surface area contributed by atoms with E-state index in [1.54, 1.807) is 36.4 Å². The van der Waals surface area contributed by atoms with Crippen LogP contribution in [-0.2, 0) is 4.74 Å². The summed E-state index contributed by atoms with van der Waals surface area (Å²) in [6, 6.07) is 6.76. The maximum atomic E-state index is 12.3. The second kappa shape index (κ2) is 5.48. The van der Waals surface area contributed by atoms with Crippen LogP contribution < -0.4 is 0 Å². The third-order valence-corrected chi connectivity index (χ3v) is 3.73. The molecule has 0 bridgehead atoms. The van der Waals surface area contributed by atoms with Crippen LogP contribution in [0.2, 0.25) is 0 Å². The van der Waals surface area contributed by atoms with Crippen molar-refractivity contribution < 1.29 is 19.5 Å². The largest absolute Gasteiger partial charge is 0.495 e. The van der Waals surface area contributed by atoms with E-state index < -0.39 is 0 Å². The number of hydrogen-bond acceptors (Lipinski definition) is 5. The Morgan fingerprint density at radius 2 is 1.82 bits per heavy atom. The van der Waals surface area contributed by atoms with E-state index in [4.69, 9.17) is 9.94 Å². The van der Waals surface area contributed by atoms with Gasteiger partial charge in [0.15, 0.2) is 0 Å². The summed E-state index contributed by atoms with van der Waals surface area (Å²) in [4.78, 5) is 25.8. The van der Waals surface area contributed by atoms with Crippen molar-refractivity contribution in [1.29, 1.82) is 0 Å². The predicted molar refractivity (Wildman–Crippen MR) is 78.8 cm³/mol. The Labute approximate surface area is 127 Å². The van der Waals surface area contributed by atoms with E-state index in [1.165, 1.54) is 12.0 Å². The molecule has 0 radical (unpaired) electrons. The molecule has 0 saturated carbocycles. The molecule has 22 heavy (non-hydrogen) atoms. The number of hydrogen-bond donors (Lipinski definition) is 1. The minimum Gasteiger partial charge on any atom is -0.495 e. The van der Waals surface area contributed by atoms with Crippen molar-refractivity contribution >= 4 is 17.5 Å². The predicted octanol–water partition coefficient (Wildman–Crippen LogP) is 1.97. The molecule has 0 fully saturated rings. The number of carbonyl (C=O) groups is 2. The first-order valence-corrected chi connectivity index (χ1v) is 6.76. The third kappa shape index (κ3) is 2.18. The molecule has 1 aliphatic carbocycles. The van der Waals surface area contributed by atoms with Gasteiger partial charge in [-0.15, -0.1) is 0 Å². The number of carbonyl (C=O) groups excluding carboxylic acids is 2. The maximum Gasteiger partial charge on any atom is 0.261 e. The van der Waals surface area contributed by atoms with Crippen LogP contribution in [0.1, 0.15) is 27.1 Å². The maximum absolute atomic E-state index is 12.3. The Bertz CT molecular complexity index is 711. The van der Waals surface area contributed by atoms with E-state index in [0.717, 1.165) is 5.57 Å². The van der Waals surface area contributed by atoms with Gasteiger partial charge in [0.2, 0.25) is 0 Å². The summed E-state index contributed by atoms with van der Waals surface area (Å²) in [6.45, 7) is 0.166. The van der Waals surface area contributed by atoms with E-state index >= 15 is 0 Å². The molecular formula is C16H14N2O4. The van der Waals surface area contributed by atoms with Crippen LogP contribution in [0.5, 0.6) is 0 Å². The molecule has 0 saturated heterocycles. The Kier molecular flexibility index (Phi) is 3.50. The molecule has 1 N–H and O–H groups in total. The number of amides is 2. The quantitative estimate of drug-likeness (QED) is 0.525. The van der Waals surface area contributed by atoms with Crippen LogP contribution in [0.15, 0.2) is 52.9 Å². The van der Waals surface area contributed by atoms with Crippen molar-refractivity contribution in [3.8, 4) is 0 Å². The van der Waals surface area contributed by atoms with Gasteiger partial charge >= 0.3 is 0 Å². The fraction of sp³-hybridized carbons (Fsp3) is 0.188. The van der Waals surface area contributed by atoms with E-state index in [1.807, 2.05) is 0 Å². The minimum atomic E-state index is -0.300. The first-order valence-electron chi connectivity index (χ1n) is 6.76. The molecule has 0 spiro atoms. The highest BCUT2D eigenvalue weighted by Gasteiger charge is 2.35. The van der Waals surface area contributed by atoms with Crippen LogP contribution in [0.25, 0.3) is 0 Å². The highest BCUT2D eigenvalue weighted by molar-refractivity contribution is 6.21. The molecule has 112 valence electrons. The van der Waals surface area contributed by atoms with Gasteiger partial charge in [0.25, 0.3) is 11.8 Å². The average Bonchev–Trinajstić information content (AvgIpc) is 2.80. The molecule has 1 heterocycles. The lowest BCUT2D eigenvalue weighted by Crippen LogP contribution is -2.32. The lowest BCUT2D eigenvalue weighted by Gasteiger charge is -2.19. The first kappa shape index (κ1) is 14.1. The normalized spacial score (nSPS) is 19.1. The monoisotopic (exact) mass is 298 g/mol. The molecule has 0 unspecified atom stereocenters. The molecule has 1 aromatic rings. The van der Waals surface area contributed by atoms with Crippen LogP contribution in [0.3, 0.4) is 0 Å². The smallest absolute Gasteiger partial charge is 0.261 e. The van der Waals surface area contributed by atoms with Gasteiger partial charge in [0, 0.05) is 6.42 Å². The highest BCUT2D eigenvalue weighted by Crippen LogP contribution is 2.25. The number of benzene rings is 1. The van der Waals surface area contributed by atoms with Gasteiger partial charge in [-0.3, -0.25) is 14.5 Å². The minimum absolute atomic E-state index is 0.166. The molecule has 6 heteroatoms. The number of nitrogens with zero attached hydrogens (tertiary/aromatic N) is 2. The Balaban J connectivity index is 1.84. The molecule has 1 aromatic carbocycles.